The summed E-state index contributed by atoms with van der Waals surface area (Å²) in [4.78, 5) is 11.9. The van der Waals surface area contributed by atoms with Crippen LogP contribution >= 0.6 is 0 Å². The highest BCUT2D eigenvalue weighted by atomic mass is 19.4. The molecule has 7 heteroatoms. The van der Waals surface area contributed by atoms with E-state index in [1.807, 2.05) is 0 Å². The van der Waals surface area contributed by atoms with Crippen molar-refractivity contribution in [1.29, 1.82) is 0 Å². The average Bonchev–Trinajstić information content (AvgIpc) is 2.94. The van der Waals surface area contributed by atoms with Gasteiger partial charge >= 0.3 is 6.18 Å². The van der Waals surface area contributed by atoms with Crippen LogP contribution in [-0.4, -0.2) is 29.7 Å². The lowest BCUT2D eigenvalue weighted by atomic mass is 9.85. The second-order valence-corrected chi connectivity index (χ2v) is 4.80. The summed E-state index contributed by atoms with van der Waals surface area (Å²) in [6.45, 7) is -0.0489. The Kier molecular flexibility index (Phi) is 3.58. The molecule has 1 unspecified atom stereocenters. The molecule has 0 radical (unpaired) electrons. The van der Waals surface area contributed by atoms with Crippen LogP contribution in [0, 0.1) is 5.41 Å². The lowest BCUT2D eigenvalue weighted by Crippen LogP contribution is -2.52. The van der Waals surface area contributed by atoms with Gasteiger partial charge in [-0.15, -0.1) is 0 Å². The predicted octanol–water partition coefficient (Wildman–Crippen LogP) is 1.18. The van der Waals surface area contributed by atoms with Gasteiger partial charge in [0.1, 0.15) is 0 Å². The number of aromatic nitrogens is 1. The Morgan fingerprint density at radius 2 is 2.32 bits per heavy atom. The molecule has 0 aromatic carbocycles. The number of rotatable bonds is 3. The summed E-state index contributed by atoms with van der Waals surface area (Å²) in [5.74, 6) is -0.953. The highest BCUT2D eigenvalue weighted by molar-refractivity contribution is 5.84. The minimum atomic E-state index is -4.53. The molecule has 0 bridgehead atoms. The summed E-state index contributed by atoms with van der Waals surface area (Å²) in [6, 6.07) is 3.53. The van der Waals surface area contributed by atoms with E-state index in [4.69, 9.17) is 0 Å². The zero-order valence-electron chi connectivity index (χ0n) is 10.5. The number of hydrogen-bond donors (Lipinski definition) is 2. The number of carbonyl (C=O) groups is 1. The van der Waals surface area contributed by atoms with Crippen molar-refractivity contribution in [1.82, 2.24) is 15.2 Å². The van der Waals surface area contributed by atoms with E-state index in [9.17, 15) is 18.0 Å². The summed E-state index contributed by atoms with van der Waals surface area (Å²) in [6.07, 6.45) is -2.97. The molecule has 19 heavy (non-hydrogen) atoms. The average molecular weight is 275 g/mol. The first kappa shape index (κ1) is 13.9. The zero-order valence-corrected chi connectivity index (χ0v) is 10.5. The van der Waals surface area contributed by atoms with E-state index in [0.29, 0.717) is 0 Å². The van der Waals surface area contributed by atoms with Gasteiger partial charge in [0.15, 0.2) is 5.41 Å². The van der Waals surface area contributed by atoms with Gasteiger partial charge in [-0.3, -0.25) is 4.79 Å². The molecule has 1 aromatic heterocycles. The molecule has 1 fully saturated rings. The highest BCUT2D eigenvalue weighted by Gasteiger charge is 2.61. The summed E-state index contributed by atoms with van der Waals surface area (Å²) in [7, 11) is 1.78. The first-order valence-corrected chi connectivity index (χ1v) is 6.03. The first-order valence-electron chi connectivity index (χ1n) is 6.03. The van der Waals surface area contributed by atoms with Crippen molar-refractivity contribution < 1.29 is 18.0 Å². The maximum atomic E-state index is 13.1. The third-order valence-corrected chi connectivity index (χ3v) is 3.61. The molecule has 0 aliphatic carbocycles. The number of nitrogens with zero attached hydrogens (tertiary/aromatic N) is 1. The molecule has 1 aliphatic rings. The second kappa shape index (κ2) is 4.88. The van der Waals surface area contributed by atoms with Crippen LogP contribution in [0.25, 0.3) is 0 Å². The van der Waals surface area contributed by atoms with Crippen molar-refractivity contribution in [3.63, 3.8) is 0 Å². The zero-order chi connectivity index (χ0) is 14.1. The molecule has 1 atom stereocenters. The van der Waals surface area contributed by atoms with Crippen molar-refractivity contribution in [3.8, 4) is 0 Å². The van der Waals surface area contributed by atoms with Gasteiger partial charge in [-0.25, -0.2) is 0 Å². The molecule has 106 valence electrons. The molecular weight excluding hydrogens is 259 g/mol. The van der Waals surface area contributed by atoms with Gasteiger partial charge in [0.25, 0.3) is 0 Å². The summed E-state index contributed by atoms with van der Waals surface area (Å²) in [5, 5.41) is 5.01. The monoisotopic (exact) mass is 275 g/mol. The number of hydrogen-bond acceptors (Lipinski definition) is 2. The fourth-order valence-corrected chi connectivity index (χ4v) is 2.28. The van der Waals surface area contributed by atoms with Gasteiger partial charge in [-0.05, 0) is 25.1 Å². The molecule has 0 spiro atoms. The van der Waals surface area contributed by atoms with Crippen LogP contribution in [-0.2, 0) is 18.4 Å². The second-order valence-electron chi connectivity index (χ2n) is 4.80. The predicted molar refractivity (Wildman–Crippen MR) is 63.2 cm³/mol. The van der Waals surface area contributed by atoms with Crippen molar-refractivity contribution in [3.05, 3.63) is 24.0 Å². The van der Waals surface area contributed by atoms with Crippen LogP contribution in [0.3, 0.4) is 0 Å². The Balaban J connectivity index is 2.07. The summed E-state index contributed by atoms with van der Waals surface area (Å²) in [5.41, 5.74) is -1.53. The number of carbonyl (C=O) groups excluding carboxylic acids is 1. The lowest BCUT2D eigenvalue weighted by Gasteiger charge is -2.29. The van der Waals surface area contributed by atoms with Gasteiger partial charge in [0.2, 0.25) is 5.91 Å². The third-order valence-electron chi connectivity index (χ3n) is 3.61. The lowest BCUT2D eigenvalue weighted by molar-refractivity contribution is -0.216. The molecule has 2 N–H and O–H groups in total. The number of amides is 1. The topological polar surface area (TPSA) is 46.1 Å². The van der Waals surface area contributed by atoms with Gasteiger partial charge in [-0.1, -0.05) is 0 Å². The van der Waals surface area contributed by atoms with Gasteiger partial charge in [-0.2, -0.15) is 13.2 Å². The quantitative estimate of drug-likeness (QED) is 0.870. The molecule has 1 amide bonds. The Bertz CT molecular complexity index is 461. The molecule has 1 aromatic rings. The van der Waals surface area contributed by atoms with Crippen molar-refractivity contribution in [2.75, 3.05) is 13.1 Å². The first-order chi connectivity index (χ1) is 8.87. The van der Waals surface area contributed by atoms with Crippen molar-refractivity contribution in [2.45, 2.75) is 19.1 Å². The number of halogens is 3. The molecule has 0 saturated carbocycles. The van der Waals surface area contributed by atoms with Crippen LogP contribution in [0.15, 0.2) is 18.3 Å². The third kappa shape index (κ3) is 2.47. The number of alkyl halides is 3. The van der Waals surface area contributed by atoms with E-state index in [2.05, 4.69) is 10.6 Å². The number of nitrogens with one attached hydrogen (secondary N) is 2. The van der Waals surface area contributed by atoms with E-state index < -0.39 is 17.5 Å². The van der Waals surface area contributed by atoms with Crippen LogP contribution in [0.5, 0.6) is 0 Å². The highest BCUT2D eigenvalue weighted by Crippen LogP contribution is 2.43. The maximum absolute atomic E-state index is 13.1. The van der Waals surface area contributed by atoms with Crippen LogP contribution in [0.2, 0.25) is 0 Å². The molecular formula is C12H16F3N3O. The van der Waals surface area contributed by atoms with E-state index in [1.165, 1.54) is 0 Å². The molecule has 2 heterocycles. The Hall–Kier alpha value is -1.50. The Morgan fingerprint density at radius 3 is 2.79 bits per heavy atom. The maximum Gasteiger partial charge on any atom is 0.404 e. The molecule has 4 nitrogen and oxygen atoms in total. The fourth-order valence-electron chi connectivity index (χ4n) is 2.28. The Morgan fingerprint density at radius 1 is 1.58 bits per heavy atom. The minimum Gasteiger partial charge on any atom is -0.353 e. The van der Waals surface area contributed by atoms with E-state index in [1.54, 1.807) is 29.9 Å². The fraction of sp³-hybridized carbons (Fsp3) is 0.583. The van der Waals surface area contributed by atoms with Crippen LogP contribution < -0.4 is 10.6 Å². The van der Waals surface area contributed by atoms with E-state index in [0.717, 1.165) is 5.69 Å². The van der Waals surface area contributed by atoms with E-state index >= 15 is 0 Å². The largest absolute Gasteiger partial charge is 0.404 e. The van der Waals surface area contributed by atoms with Crippen LogP contribution in [0.4, 0.5) is 13.2 Å². The van der Waals surface area contributed by atoms with Gasteiger partial charge < -0.3 is 15.2 Å². The molecule has 1 saturated heterocycles. The summed E-state index contributed by atoms with van der Waals surface area (Å²) < 4.78 is 41.1. The van der Waals surface area contributed by atoms with Gasteiger partial charge in [0.05, 0.1) is 6.54 Å². The molecule has 1 aliphatic heterocycles. The van der Waals surface area contributed by atoms with Crippen molar-refractivity contribution in [2.24, 2.45) is 12.5 Å². The number of aryl methyl sites for hydroxylation is 1. The van der Waals surface area contributed by atoms with Crippen LogP contribution in [0.1, 0.15) is 12.1 Å². The smallest absolute Gasteiger partial charge is 0.353 e. The standard InChI is InChI=1S/C12H16F3N3O/c1-18-6-2-3-9(18)7-17-10(19)11(12(13,14)15)4-5-16-8-11/h2-3,6,16H,4-5,7-8H2,1H3,(H,17,19). The minimum absolute atomic E-state index is 0.0974. The van der Waals surface area contributed by atoms with Gasteiger partial charge in [0, 0.05) is 25.5 Å². The van der Waals surface area contributed by atoms with E-state index in [-0.39, 0.29) is 26.1 Å². The Labute approximate surface area is 109 Å². The normalized spacial score (nSPS) is 23.6. The SMILES string of the molecule is Cn1cccc1CNC(=O)C1(C(F)(F)F)CCNC1. The molecule has 2 rings (SSSR count). The van der Waals surface area contributed by atoms with Crippen molar-refractivity contribution >= 4 is 5.91 Å². The summed E-state index contributed by atoms with van der Waals surface area (Å²) >= 11 is 0.